The Bertz CT molecular complexity index is 1240. The predicted octanol–water partition coefficient (Wildman–Crippen LogP) is 6.14. The van der Waals surface area contributed by atoms with Gasteiger partial charge in [-0.15, -0.1) is 12.4 Å². The Morgan fingerprint density at radius 2 is 1.71 bits per heavy atom. The van der Waals surface area contributed by atoms with E-state index in [0.717, 1.165) is 27.6 Å². The van der Waals surface area contributed by atoms with Crippen molar-refractivity contribution in [2.45, 2.75) is 31.4 Å². The minimum atomic E-state index is -3.68. The topological polar surface area (TPSA) is 90.6 Å². The summed E-state index contributed by atoms with van der Waals surface area (Å²) in [5.74, 6) is 1.24. The molecule has 0 saturated heterocycles. The van der Waals surface area contributed by atoms with E-state index in [1.807, 2.05) is 25.1 Å². The van der Waals surface area contributed by atoms with Gasteiger partial charge in [-0.3, -0.25) is 0 Å². The maximum atomic E-state index is 11.4. The highest BCUT2D eigenvalue weighted by Crippen LogP contribution is 2.38. The van der Waals surface area contributed by atoms with Gasteiger partial charge in [0.1, 0.15) is 6.61 Å². The molecule has 0 heterocycles. The van der Waals surface area contributed by atoms with Crippen LogP contribution in [0.15, 0.2) is 64.0 Å². The Labute approximate surface area is 230 Å². The van der Waals surface area contributed by atoms with Crippen LogP contribution >= 0.6 is 51.5 Å². The lowest BCUT2D eigenvalue weighted by molar-refractivity contribution is 0.267. The molecule has 0 aliphatic rings. The average molecular weight is 625 g/mol. The molecule has 11 heteroatoms. The molecule has 3 N–H and O–H groups in total. The third-order valence-corrected chi connectivity index (χ3v) is 7.03. The van der Waals surface area contributed by atoms with Crippen molar-refractivity contribution >= 4 is 61.6 Å². The average Bonchev–Trinajstić information content (AvgIpc) is 2.77. The van der Waals surface area contributed by atoms with Crippen LogP contribution < -0.4 is 19.9 Å². The summed E-state index contributed by atoms with van der Waals surface area (Å²) >= 11 is 15.8. The van der Waals surface area contributed by atoms with Gasteiger partial charge in [-0.05, 0) is 83.3 Å². The molecule has 35 heavy (non-hydrogen) atoms. The van der Waals surface area contributed by atoms with Crippen molar-refractivity contribution in [3.8, 4) is 11.5 Å². The van der Waals surface area contributed by atoms with Crippen LogP contribution in [0.4, 0.5) is 0 Å². The van der Waals surface area contributed by atoms with Gasteiger partial charge in [0.2, 0.25) is 10.0 Å². The highest BCUT2D eigenvalue weighted by molar-refractivity contribution is 9.10. The van der Waals surface area contributed by atoms with Crippen LogP contribution in [0.5, 0.6) is 11.5 Å². The number of hydrogen-bond donors (Lipinski definition) is 2. The van der Waals surface area contributed by atoms with Crippen molar-refractivity contribution in [3.63, 3.8) is 0 Å². The van der Waals surface area contributed by atoms with E-state index < -0.39 is 10.0 Å². The van der Waals surface area contributed by atoms with Gasteiger partial charge in [0.05, 0.1) is 16.0 Å². The summed E-state index contributed by atoms with van der Waals surface area (Å²) in [6.07, 6.45) is 0.743. The first kappa shape index (κ1) is 29.7. The fraction of sp³-hybridized carbons (Fsp3) is 0.250. The van der Waals surface area contributed by atoms with Crippen molar-refractivity contribution in [1.82, 2.24) is 5.32 Å². The van der Waals surface area contributed by atoms with Gasteiger partial charge in [0.25, 0.3) is 0 Å². The fourth-order valence-corrected chi connectivity index (χ4v) is 4.81. The van der Waals surface area contributed by atoms with Gasteiger partial charge >= 0.3 is 0 Å². The van der Waals surface area contributed by atoms with Gasteiger partial charge in [-0.2, -0.15) is 0 Å². The lowest BCUT2D eigenvalue weighted by Crippen LogP contribution is -2.17. The molecular formula is C24H26BrCl3N2O4S. The molecule has 3 rings (SSSR count). The first-order valence-electron chi connectivity index (χ1n) is 10.5. The second-order valence-corrected chi connectivity index (χ2v) is 10.7. The second kappa shape index (κ2) is 13.7. The molecule has 0 bridgehead atoms. The van der Waals surface area contributed by atoms with Crippen LogP contribution in [0, 0.1) is 0 Å². The molecule has 0 radical (unpaired) electrons. The van der Waals surface area contributed by atoms with E-state index in [1.54, 1.807) is 24.3 Å². The first-order chi connectivity index (χ1) is 16.2. The smallest absolute Gasteiger partial charge is 0.238 e. The number of halogens is 4. The van der Waals surface area contributed by atoms with Crippen LogP contribution in [0.1, 0.15) is 23.6 Å². The predicted molar refractivity (Wildman–Crippen MR) is 147 cm³/mol. The Balaban J connectivity index is 0.00000432. The molecule has 190 valence electrons. The van der Waals surface area contributed by atoms with Gasteiger partial charge < -0.3 is 14.8 Å². The molecule has 0 aliphatic heterocycles. The van der Waals surface area contributed by atoms with Crippen LogP contribution in [-0.4, -0.2) is 21.6 Å². The minimum absolute atomic E-state index is 0. The molecule has 0 amide bonds. The second-order valence-electron chi connectivity index (χ2n) is 7.48. The monoisotopic (exact) mass is 622 g/mol. The molecule has 0 aliphatic carbocycles. The lowest BCUT2D eigenvalue weighted by atomic mass is 10.1. The van der Waals surface area contributed by atoms with Crippen molar-refractivity contribution in [2.24, 2.45) is 5.14 Å². The number of hydrogen-bond acceptors (Lipinski definition) is 5. The largest absolute Gasteiger partial charge is 0.490 e. The number of nitrogens with two attached hydrogens (primary N) is 1. The molecular weight excluding hydrogens is 599 g/mol. The number of primary sulfonamides is 1. The van der Waals surface area contributed by atoms with E-state index in [0.29, 0.717) is 41.2 Å². The van der Waals surface area contributed by atoms with Crippen molar-refractivity contribution < 1.29 is 17.9 Å². The molecule has 3 aromatic carbocycles. The summed E-state index contributed by atoms with van der Waals surface area (Å²) in [6.45, 7) is 4.02. The fourth-order valence-electron chi connectivity index (χ4n) is 3.23. The normalized spacial score (nSPS) is 11.1. The first-order valence-corrected chi connectivity index (χ1v) is 13.6. The summed E-state index contributed by atoms with van der Waals surface area (Å²) < 4.78 is 35.3. The van der Waals surface area contributed by atoms with E-state index in [9.17, 15) is 8.42 Å². The van der Waals surface area contributed by atoms with Crippen molar-refractivity contribution in [3.05, 3.63) is 85.8 Å². The molecule has 3 aromatic rings. The quantitative estimate of drug-likeness (QED) is 0.251. The highest BCUT2D eigenvalue weighted by atomic mass is 79.9. The molecule has 0 spiro atoms. The molecule has 6 nitrogen and oxygen atoms in total. The number of sulfonamides is 1. The molecule has 0 saturated carbocycles. The Morgan fingerprint density at radius 3 is 2.34 bits per heavy atom. The van der Waals surface area contributed by atoms with Gasteiger partial charge in [0.15, 0.2) is 11.5 Å². The van der Waals surface area contributed by atoms with Crippen molar-refractivity contribution in [1.29, 1.82) is 0 Å². The summed E-state index contributed by atoms with van der Waals surface area (Å²) in [6, 6.07) is 15.8. The zero-order valence-electron chi connectivity index (χ0n) is 18.9. The number of nitrogens with one attached hydrogen (secondary N) is 1. The minimum Gasteiger partial charge on any atom is -0.490 e. The summed E-state index contributed by atoms with van der Waals surface area (Å²) in [7, 11) is -3.68. The van der Waals surface area contributed by atoms with E-state index >= 15 is 0 Å². The van der Waals surface area contributed by atoms with E-state index in [-0.39, 0.29) is 23.9 Å². The summed E-state index contributed by atoms with van der Waals surface area (Å²) in [4.78, 5) is 0.109. The number of rotatable bonds is 11. The molecule has 0 aromatic heterocycles. The maximum Gasteiger partial charge on any atom is 0.238 e. The van der Waals surface area contributed by atoms with Crippen LogP contribution in [0.3, 0.4) is 0 Å². The Hall–Kier alpha value is -1.52. The molecule has 0 unspecified atom stereocenters. The van der Waals surface area contributed by atoms with Gasteiger partial charge in [-0.1, -0.05) is 41.4 Å². The third kappa shape index (κ3) is 8.82. The van der Waals surface area contributed by atoms with E-state index in [1.165, 1.54) is 12.1 Å². The SMILES string of the molecule is CCOc1cc(CNCCc2ccc(S(N)(=O)=O)cc2)cc(Br)c1OCc1ccc(Cl)cc1Cl.Cl. The van der Waals surface area contributed by atoms with Crippen molar-refractivity contribution in [2.75, 3.05) is 13.2 Å². The number of benzene rings is 3. The third-order valence-electron chi connectivity index (χ3n) is 4.93. The standard InChI is InChI=1S/C24H25BrCl2N2O4S.ClH/c1-2-32-23-12-17(14-29-10-9-16-3-7-20(8-4-16)34(28,30)31)11-21(25)24(23)33-15-18-5-6-19(26)13-22(18)27;/h3-8,11-13,29H,2,9-10,14-15H2,1H3,(H2,28,30,31);1H. The van der Waals surface area contributed by atoms with Crippen LogP contribution in [0.2, 0.25) is 10.0 Å². The Kier molecular flexibility index (Phi) is 11.6. The van der Waals surface area contributed by atoms with E-state index in [4.69, 9.17) is 37.8 Å². The highest BCUT2D eigenvalue weighted by Gasteiger charge is 2.14. The van der Waals surface area contributed by atoms with Gasteiger partial charge in [-0.25, -0.2) is 13.6 Å². The Morgan fingerprint density at radius 1 is 1.00 bits per heavy atom. The number of ether oxygens (including phenoxy) is 2. The molecule has 0 atom stereocenters. The summed E-state index contributed by atoms with van der Waals surface area (Å²) in [5, 5.41) is 9.64. The van der Waals surface area contributed by atoms with E-state index in [2.05, 4.69) is 21.2 Å². The maximum absolute atomic E-state index is 11.4. The zero-order chi connectivity index (χ0) is 24.7. The summed E-state index contributed by atoms with van der Waals surface area (Å²) in [5.41, 5.74) is 2.86. The molecule has 0 fully saturated rings. The lowest BCUT2D eigenvalue weighted by Gasteiger charge is -2.16. The zero-order valence-corrected chi connectivity index (χ0v) is 23.6. The van der Waals surface area contributed by atoms with Gasteiger partial charge in [0, 0.05) is 22.2 Å². The van der Waals surface area contributed by atoms with Crippen LogP contribution in [-0.2, 0) is 29.6 Å². The van der Waals surface area contributed by atoms with Crippen LogP contribution in [0.25, 0.3) is 0 Å².